The van der Waals surface area contributed by atoms with Crippen LogP contribution in [0.3, 0.4) is 0 Å². The Balaban J connectivity index is 2.30. The quantitative estimate of drug-likeness (QED) is 0.541. The van der Waals surface area contributed by atoms with Crippen molar-refractivity contribution in [3.8, 4) is 0 Å². The summed E-state index contributed by atoms with van der Waals surface area (Å²) in [6, 6.07) is 0. The summed E-state index contributed by atoms with van der Waals surface area (Å²) in [5.74, 6) is -0.000295. The summed E-state index contributed by atoms with van der Waals surface area (Å²) in [5.41, 5.74) is 2.04. The molecule has 2 radical (unpaired) electrons. The van der Waals surface area contributed by atoms with Crippen molar-refractivity contribution in [1.29, 1.82) is 0 Å². The van der Waals surface area contributed by atoms with Gasteiger partial charge in [0, 0.05) is 6.42 Å². The lowest BCUT2D eigenvalue weighted by atomic mass is 9.98. The van der Waals surface area contributed by atoms with Gasteiger partial charge < -0.3 is 0 Å². The second kappa shape index (κ2) is 3.40. The van der Waals surface area contributed by atoms with Crippen molar-refractivity contribution in [2.75, 3.05) is 0 Å². The molecule has 0 fully saturated rings. The molecule has 1 nitrogen and oxygen atoms in total. The summed E-state index contributed by atoms with van der Waals surface area (Å²) < 4.78 is 0. The van der Waals surface area contributed by atoms with Gasteiger partial charge in [0.1, 0.15) is 0 Å². The molecule has 0 spiro atoms. The smallest absolute Gasteiger partial charge is 0.179 e. The Bertz CT molecular complexity index is 358. The third-order valence-corrected chi connectivity index (χ3v) is 1.87. The summed E-state index contributed by atoms with van der Waals surface area (Å²) in [4.78, 5) is 10.8. The third-order valence-electron chi connectivity index (χ3n) is 1.87. The molecule has 0 amide bonds. The largest absolute Gasteiger partial charge is 0.290 e. The highest BCUT2D eigenvalue weighted by Crippen LogP contribution is 2.17. The van der Waals surface area contributed by atoms with E-state index in [1.54, 1.807) is 12.2 Å². The van der Waals surface area contributed by atoms with E-state index in [0.29, 0.717) is 0 Å². The molecule has 1 heteroatoms. The molecule has 0 aromatic rings. The Morgan fingerprint density at radius 2 is 1.92 bits per heavy atom. The first-order valence-corrected chi connectivity index (χ1v) is 4.10. The van der Waals surface area contributed by atoms with Crippen LogP contribution < -0.4 is 0 Å². The Morgan fingerprint density at radius 3 is 2.54 bits per heavy atom. The lowest BCUT2D eigenvalue weighted by molar-refractivity contribution is -0.110. The second-order valence-corrected chi connectivity index (χ2v) is 2.80. The molecule has 0 aliphatic heterocycles. The summed E-state index contributed by atoms with van der Waals surface area (Å²) in [5, 5.41) is 0. The second-order valence-electron chi connectivity index (χ2n) is 2.80. The van der Waals surface area contributed by atoms with E-state index in [1.807, 2.05) is 30.7 Å². The number of carbonyl (C=O) groups is 1. The first-order chi connectivity index (χ1) is 6.36. The van der Waals surface area contributed by atoms with Gasteiger partial charge in [-0.3, -0.25) is 4.79 Å². The minimum absolute atomic E-state index is 0.000295. The van der Waals surface area contributed by atoms with E-state index in [-0.39, 0.29) is 5.78 Å². The molecule has 0 heterocycles. The van der Waals surface area contributed by atoms with Crippen molar-refractivity contribution in [3.63, 3.8) is 0 Å². The topological polar surface area (TPSA) is 17.1 Å². The Morgan fingerprint density at radius 1 is 1.00 bits per heavy atom. The zero-order valence-electron chi connectivity index (χ0n) is 7.03. The molecule has 0 saturated carbocycles. The maximum absolute atomic E-state index is 10.8. The van der Waals surface area contributed by atoms with Gasteiger partial charge in [-0.05, 0) is 29.4 Å². The number of rotatable bonds is 0. The fourth-order valence-electron chi connectivity index (χ4n) is 1.21. The van der Waals surface area contributed by atoms with Crippen LogP contribution in [-0.4, -0.2) is 5.78 Å². The molecule has 2 rings (SSSR count). The predicted octanol–water partition coefficient (Wildman–Crippen LogP) is 2.11. The maximum Gasteiger partial charge on any atom is 0.179 e. The van der Waals surface area contributed by atoms with Crippen LogP contribution in [0.25, 0.3) is 0 Å². The average Bonchev–Trinajstić information content (AvgIpc) is 2.20. The van der Waals surface area contributed by atoms with E-state index in [1.165, 1.54) is 6.08 Å². The highest BCUT2D eigenvalue weighted by Gasteiger charge is 2.04. The minimum Gasteiger partial charge on any atom is -0.290 e. The van der Waals surface area contributed by atoms with Crippen molar-refractivity contribution >= 4 is 5.78 Å². The number of allylic oxidation sites excluding steroid dienone is 10. The summed E-state index contributed by atoms with van der Waals surface area (Å²) in [6.07, 6.45) is 17.6. The fraction of sp³-hybridized carbons (Fsp3) is 0. The summed E-state index contributed by atoms with van der Waals surface area (Å²) in [7, 11) is 0. The molecule has 0 aromatic carbocycles. The van der Waals surface area contributed by atoms with Crippen molar-refractivity contribution in [2.24, 2.45) is 0 Å². The fourth-order valence-corrected chi connectivity index (χ4v) is 1.21. The van der Waals surface area contributed by atoms with Gasteiger partial charge in [0.15, 0.2) is 5.78 Å². The van der Waals surface area contributed by atoms with E-state index in [0.717, 1.165) is 11.1 Å². The lowest BCUT2D eigenvalue weighted by Crippen LogP contribution is -1.95. The first kappa shape index (κ1) is 7.99. The number of ketones is 1. The zero-order valence-corrected chi connectivity index (χ0v) is 7.03. The van der Waals surface area contributed by atoms with Crippen molar-refractivity contribution in [1.82, 2.24) is 0 Å². The van der Waals surface area contributed by atoms with Gasteiger partial charge in [-0.2, -0.15) is 0 Å². The van der Waals surface area contributed by atoms with Gasteiger partial charge in [-0.1, -0.05) is 30.4 Å². The minimum atomic E-state index is -0.000295. The van der Waals surface area contributed by atoms with Crippen LogP contribution in [0.2, 0.25) is 0 Å². The molecular formula is C12H8O. The summed E-state index contributed by atoms with van der Waals surface area (Å²) >= 11 is 0. The van der Waals surface area contributed by atoms with Crippen molar-refractivity contribution in [2.45, 2.75) is 0 Å². The highest BCUT2D eigenvalue weighted by atomic mass is 16.1. The van der Waals surface area contributed by atoms with Gasteiger partial charge in [0.2, 0.25) is 0 Å². The van der Waals surface area contributed by atoms with Crippen LogP contribution in [0.5, 0.6) is 0 Å². The summed E-state index contributed by atoms with van der Waals surface area (Å²) in [6.45, 7) is 0. The van der Waals surface area contributed by atoms with E-state index in [9.17, 15) is 4.79 Å². The molecule has 0 N–H and O–H groups in total. The Labute approximate surface area is 77.5 Å². The molecule has 0 unspecified atom stereocenters. The third kappa shape index (κ3) is 1.75. The van der Waals surface area contributed by atoms with Gasteiger partial charge in [-0.15, -0.1) is 0 Å². The lowest BCUT2D eigenvalue weighted by Gasteiger charge is -2.06. The van der Waals surface area contributed by atoms with E-state index in [2.05, 4.69) is 6.08 Å². The Kier molecular flexibility index (Phi) is 2.09. The normalized spacial score (nSPS) is 25.7. The standard InChI is InChI=1S/C12H8O/c13-12-8-6-11(7-9-12)10-4-2-1-3-5-10/h1-6,8-9H. The van der Waals surface area contributed by atoms with Gasteiger partial charge in [-0.25, -0.2) is 0 Å². The van der Waals surface area contributed by atoms with Crippen LogP contribution in [0.4, 0.5) is 0 Å². The molecule has 0 atom stereocenters. The van der Waals surface area contributed by atoms with Crippen LogP contribution in [0, 0.1) is 12.5 Å². The van der Waals surface area contributed by atoms with Gasteiger partial charge >= 0.3 is 0 Å². The number of carbonyl (C=O) groups excluding carboxylic acids is 1. The van der Waals surface area contributed by atoms with E-state index in [4.69, 9.17) is 0 Å². The zero-order chi connectivity index (χ0) is 9.10. The predicted molar refractivity (Wildman–Crippen MR) is 51.6 cm³/mol. The van der Waals surface area contributed by atoms with Crippen LogP contribution >= 0.6 is 0 Å². The van der Waals surface area contributed by atoms with Gasteiger partial charge in [0.05, 0.1) is 0 Å². The van der Waals surface area contributed by atoms with Crippen molar-refractivity contribution in [3.05, 3.63) is 66.2 Å². The van der Waals surface area contributed by atoms with Crippen LogP contribution in [0.1, 0.15) is 0 Å². The molecule has 13 heavy (non-hydrogen) atoms. The average molecular weight is 168 g/mol. The molecule has 0 aromatic heterocycles. The SMILES string of the molecule is O=C1C=[C]C(=C2[CH]C=CC=C2)C=C1. The maximum atomic E-state index is 10.8. The monoisotopic (exact) mass is 168 g/mol. The molecular weight excluding hydrogens is 160 g/mol. The van der Waals surface area contributed by atoms with Gasteiger partial charge in [0.25, 0.3) is 0 Å². The van der Waals surface area contributed by atoms with Crippen molar-refractivity contribution < 1.29 is 4.79 Å². The first-order valence-electron chi connectivity index (χ1n) is 4.10. The molecule has 0 bridgehead atoms. The molecule has 62 valence electrons. The molecule has 0 saturated heterocycles. The highest BCUT2D eigenvalue weighted by molar-refractivity contribution is 6.00. The van der Waals surface area contributed by atoms with E-state index < -0.39 is 0 Å². The number of hydrogen-bond donors (Lipinski definition) is 0. The molecule has 2 aliphatic carbocycles. The van der Waals surface area contributed by atoms with Crippen LogP contribution in [0.15, 0.2) is 53.7 Å². The molecule has 2 aliphatic rings. The van der Waals surface area contributed by atoms with E-state index >= 15 is 0 Å². The Hall–Kier alpha value is -1.63. The number of hydrogen-bond acceptors (Lipinski definition) is 1. The van der Waals surface area contributed by atoms with Crippen LogP contribution in [-0.2, 0) is 4.79 Å².